The molecule has 6 amide bonds. The number of carbonyl (C=O) groups excluding carboxylic acids is 6. The number of carbonyl (C=O) groups is 6. The number of nitrogens with two attached hydrogens (primary N) is 2. The molecule has 2 aromatic carbocycles. The van der Waals surface area contributed by atoms with Gasteiger partial charge >= 0.3 is 58.3 Å². The second-order valence-electron chi connectivity index (χ2n) is 23.6. The first-order valence-corrected chi connectivity index (χ1v) is 42.9. The minimum atomic E-state index is -5.76. The zero-order valence-electron chi connectivity index (χ0n) is 62.9. The van der Waals surface area contributed by atoms with Crippen molar-refractivity contribution in [2.75, 3.05) is 118 Å². The number of phosphoric ester groups is 2. The fraction of sp³-hybridized carbons (Fsp3) is 0.467. The number of phosphoric acid groups is 6. The van der Waals surface area contributed by atoms with Gasteiger partial charge < -0.3 is 130 Å². The van der Waals surface area contributed by atoms with Gasteiger partial charge in [-0.15, -0.1) is 6.58 Å². The van der Waals surface area contributed by atoms with Gasteiger partial charge in [-0.25, -0.2) is 37.0 Å². The lowest BCUT2D eigenvalue weighted by atomic mass is 10.2. The van der Waals surface area contributed by atoms with Crippen LogP contribution in [0.2, 0.25) is 0 Å². The minimum Gasteiger partial charge on any atom is -0.491 e. The number of anilines is 2. The average Bonchev–Trinajstić information content (AvgIpc) is 1.68. The van der Waals surface area contributed by atoms with Gasteiger partial charge in [0, 0.05) is 94.5 Å². The molecule has 2 saturated heterocycles. The van der Waals surface area contributed by atoms with Crippen LogP contribution >= 0.6 is 46.9 Å². The van der Waals surface area contributed by atoms with E-state index in [1.807, 2.05) is 0 Å². The Balaban J connectivity index is 0.000000424. The summed E-state index contributed by atoms with van der Waals surface area (Å²) in [6.07, 6.45) is -1.62. The number of nitrogen functional groups attached to an aromatic ring is 2. The van der Waals surface area contributed by atoms with Crippen molar-refractivity contribution in [3.63, 3.8) is 0 Å². The molecule has 119 heavy (non-hydrogen) atoms. The summed E-state index contributed by atoms with van der Waals surface area (Å²) >= 11 is 0. The number of aromatic nitrogens is 4. The SMILES string of the molecule is C=CCOC(COc1cccc(C(=O)NCNC(C)=O)c1)OCC(=O)NC/C=C/c1cn(C2C[C@H](OC)C(COP(=O)(O)OP(=O)(O)OP(=O)(O)O)O2)c(=O)nc1N.CO[C@H]1CC(n2cc(C#CCNC(=O)COCCOC(COc3cccc(C(=O)NCCNC(C)=O)c3)N=[N+]=[N-])c(N)nc2=O)OC1COP(=O)(O)OP(=O)(O)OP(=O)(O)O. The van der Waals surface area contributed by atoms with Crippen molar-refractivity contribution in [2.45, 2.75) is 76.1 Å². The van der Waals surface area contributed by atoms with Crippen LogP contribution in [0.25, 0.3) is 16.5 Å². The Morgan fingerprint density at radius 1 is 0.664 bits per heavy atom. The molecule has 59 heteroatoms. The highest BCUT2D eigenvalue weighted by Crippen LogP contribution is 2.67. The highest BCUT2D eigenvalue weighted by Gasteiger charge is 2.46. The Labute approximate surface area is 673 Å². The van der Waals surface area contributed by atoms with Crippen LogP contribution in [0.5, 0.6) is 11.5 Å². The monoisotopic (exact) mass is 1810 g/mol. The Bertz CT molecular complexity index is 4750. The number of methoxy groups -OCH3 is 2. The first-order chi connectivity index (χ1) is 55.9. The van der Waals surface area contributed by atoms with E-state index in [4.69, 9.17) is 83.9 Å². The molecule has 0 bridgehead atoms. The fourth-order valence-corrected chi connectivity index (χ4v) is 15.6. The van der Waals surface area contributed by atoms with Crippen LogP contribution in [0.4, 0.5) is 11.6 Å². The van der Waals surface area contributed by atoms with E-state index in [2.05, 4.69) is 96.6 Å². The van der Waals surface area contributed by atoms with Crippen molar-refractivity contribution in [2.24, 2.45) is 5.11 Å². The smallest absolute Gasteiger partial charge is 0.490 e. The summed E-state index contributed by atoms with van der Waals surface area (Å²) in [5, 5.41) is 18.8. The lowest BCUT2D eigenvalue weighted by Gasteiger charge is -2.20. The van der Waals surface area contributed by atoms with Crippen LogP contribution in [0, 0.1) is 11.8 Å². The number of benzene rings is 2. The quantitative estimate of drug-likeness (QED) is 0.00391. The Morgan fingerprint density at radius 3 is 1.71 bits per heavy atom. The van der Waals surface area contributed by atoms with Crippen molar-refractivity contribution < 1.29 is 169 Å². The molecular weight excluding hydrogens is 1720 g/mol. The van der Waals surface area contributed by atoms with Crippen LogP contribution in [0.15, 0.2) is 94.4 Å². The van der Waals surface area contributed by atoms with E-state index >= 15 is 0 Å². The lowest BCUT2D eigenvalue weighted by Crippen LogP contribution is -2.36. The summed E-state index contributed by atoms with van der Waals surface area (Å²) in [5.74, 6) is 2.99. The third-order valence-electron chi connectivity index (χ3n) is 14.6. The van der Waals surface area contributed by atoms with E-state index in [1.54, 1.807) is 36.4 Å². The van der Waals surface area contributed by atoms with Crippen molar-refractivity contribution >= 4 is 100 Å². The first kappa shape index (κ1) is 101. The molecule has 0 spiro atoms. The van der Waals surface area contributed by atoms with Crippen LogP contribution < -0.4 is 64.2 Å². The zero-order chi connectivity index (χ0) is 88.3. The maximum Gasteiger partial charge on any atom is 0.490 e. The van der Waals surface area contributed by atoms with Gasteiger partial charge in [-0.05, 0) is 41.9 Å². The molecule has 2 fully saturated rings. The molecule has 4 aromatic rings. The van der Waals surface area contributed by atoms with E-state index in [-0.39, 0.29) is 119 Å². The van der Waals surface area contributed by atoms with Crippen molar-refractivity contribution in [1.82, 2.24) is 51.0 Å². The first-order valence-electron chi connectivity index (χ1n) is 33.9. The van der Waals surface area contributed by atoms with E-state index in [0.29, 0.717) is 17.1 Å². The van der Waals surface area contributed by atoms with Gasteiger partial charge in [-0.2, -0.15) is 27.2 Å². The summed E-state index contributed by atoms with van der Waals surface area (Å²) in [5.41, 5.74) is 19.8. The topological polar surface area (TPSA) is 757 Å². The highest BCUT2D eigenvalue weighted by molar-refractivity contribution is 7.67. The van der Waals surface area contributed by atoms with E-state index in [9.17, 15) is 85.3 Å². The number of amides is 6. The summed E-state index contributed by atoms with van der Waals surface area (Å²) in [4.78, 5) is 180. The molecule has 53 nitrogen and oxygen atoms in total. The standard InChI is InChI=1S/C30H42N9O19P3.C30H43N6O19P3/c1-19(40)33-9-10-35-29(42)20-5-3-7-22(13-20)54-18-26(37-38-32)53-12-11-52-17-25(41)34-8-4-6-21-15-39(30(43)36-28(21)31)27-14-23(51-2)24(56-27)16-55-60(47,48)58-61(49,50)57-59(44,45)46;1-4-11-49-27(17-50-22-9-5-7-20(12-22)29(39)34-18-33-19(2)37)51-16-25(38)32-10-6-8-21-14-36(30(40)35-28(21)31)26-13-23(48-3)24(53-26)15-52-57(44,45)55-58(46,47)54-56(41,42)43/h3,5,7,13,15,23-24,26-27H,8-12,14,16-18H2,1-2H3,(H,33,40)(H,34,41)(H,35,42)(H,47,48)(H,49,50)(H2,31,36,43)(H2,44,45,46);4-9,12,14,23-24,26-27H,1,10-11,13,15-18H2,2-3H3,(H,32,38)(H,33,37)(H,34,39)(H,44,45)(H,46,47)(H2,31,35,40)(H2,41,42,43)/b;8-6+/t2*23-,24?,26?,27?/m00/s1. The largest absolute Gasteiger partial charge is 0.491 e. The molecule has 2 aromatic heterocycles. The van der Waals surface area contributed by atoms with E-state index in [1.165, 1.54) is 70.8 Å². The third-order valence-corrected chi connectivity index (χ3v) is 22.2. The fourth-order valence-electron chi connectivity index (χ4n) is 9.56. The van der Waals surface area contributed by atoms with Crippen molar-refractivity contribution in [1.29, 1.82) is 0 Å². The predicted octanol–water partition coefficient (Wildman–Crippen LogP) is -0.398. The highest BCUT2D eigenvalue weighted by atomic mass is 31.3. The Hall–Kier alpha value is -8.93. The molecule has 0 aliphatic carbocycles. The zero-order valence-corrected chi connectivity index (χ0v) is 68.3. The van der Waals surface area contributed by atoms with Crippen LogP contribution in [0.1, 0.15) is 71.0 Å². The molecule has 6 rings (SSSR count). The molecule has 0 saturated carbocycles. The normalized spacial score (nSPS) is 19.0. The summed E-state index contributed by atoms with van der Waals surface area (Å²) in [7, 11) is -31.1. The summed E-state index contributed by atoms with van der Waals surface area (Å²) < 4.78 is 150. The van der Waals surface area contributed by atoms with E-state index < -0.39 is 158 Å². The molecular formula is C60H85N15O38P6. The van der Waals surface area contributed by atoms with Gasteiger partial charge in [0.05, 0.1) is 64.0 Å². The number of nitrogens with one attached hydrogen (secondary N) is 6. The van der Waals surface area contributed by atoms with Crippen LogP contribution in [-0.2, 0) is 111 Å². The second-order valence-corrected chi connectivity index (χ2v) is 32.5. The molecule has 4 heterocycles. The lowest BCUT2D eigenvalue weighted by molar-refractivity contribution is -0.162. The van der Waals surface area contributed by atoms with Crippen molar-refractivity contribution in [3.05, 3.63) is 133 Å². The number of ether oxygens (including phenoxy) is 10. The maximum absolute atomic E-state index is 12.7. The van der Waals surface area contributed by atoms with Gasteiger partial charge in [0.15, 0.2) is 12.5 Å². The molecule has 2 aliphatic rings. The number of rotatable bonds is 48. The number of azide groups is 1. The molecule has 10 unspecified atom stereocenters. The van der Waals surface area contributed by atoms with Gasteiger partial charge in [0.25, 0.3) is 11.8 Å². The number of nitrogens with zero attached hydrogens (tertiary/aromatic N) is 7. The second kappa shape index (κ2) is 48.5. The van der Waals surface area contributed by atoms with Gasteiger partial charge in [0.2, 0.25) is 23.6 Å². The van der Waals surface area contributed by atoms with Gasteiger partial charge in [-0.1, -0.05) is 47.3 Å². The van der Waals surface area contributed by atoms with Gasteiger partial charge in [-0.3, -0.25) is 46.9 Å². The van der Waals surface area contributed by atoms with Crippen LogP contribution in [-0.4, -0.2) is 237 Å². The van der Waals surface area contributed by atoms with Gasteiger partial charge in [0.1, 0.15) is 74.2 Å². The molecule has 18 N–H and O–H groups in total. The molecule has 0 radical (unpaired) electrons. The predicted molar refractivity (Wildman–Crippen MR) is 403 cm³/mol. The Morgan fingerprint density at radius 2 is 1.18 bits per heavy atom. The maximum atomic E-state index is 12.7. The average molecular weight is 1810 g/mol. The van der Waals surface area contributed by atoms with E-state index in [0.717, 1.165) is 9.13 Å². The minimum absolute atomic E-state index is 0.0272. The number of hydrogen-bond acceptors (Lipinski definition) is 35. The Kier molecular flexibility index (Phi) is 41.0. The molecule has 12 atom stereocenters. The van der Waals surface area contributed by atoms with Crippen LogP contribution in [0.3, 0.4) is 0 Å². The molecule has 2 aliphatic heterocycles. The summed E-state index contributed by atoms with van der Waals surface area (Å²) in [6, 6.07) is 12.4. The van der Waals surface area contributed by atoms with Crippen molar-refractivity contribution in [3.8, 4) is 23.3 Å². The number of hydrogen-bond donors (Lipinski definition) is 16. The molecule has 658 valence electrons. The summed E-state index contributed by atoms with van der Waals surface area (Å²) in [6.45, 7) is 3.48. The third kappa shape index (κ3) is 38.6.